The van der Waals surface area contributed by atoms with Gasteiger partial charge in [-0.05, 0) is 31.2 Å². The van der Waals surface area contributed by atoms with Crippen molar-refractivity contribution in [3.8, 4) is 0 Å². The Morgan fingerprint density at radius 2 is 2.05 bits per heavy atom. The molecule has 1 atom stereocenters. The third kappa shape index (κ3) is 3.40. The molecule has 0 aromatic carbocycles. The van der Waals surface area contributed by atoms with Crippen molar-refractivity contribution in [3.63, 3.8) is 0 Å². The minimum atomic E-state index is -0.165. The van der Waals surface area contributed by atoms with Crippen LogP contribution in [0.25, 0.3) is 0 Å². The molecular formula is C14H27N6O+. The van der Waals surface area contributed by atoms with Crippen molar-refractivity contribution in [1.82, 2.24) is 20.2 Å². The molecule has 0 saturated carbocycles. The second-order valence-corrected chi connectivity index (χ2v) is 6.92. The monoisotopic (exact) mass is 295 g/mol. The van der Waals surface area contributed by atoms with Gasteiger partial charge in [-0.1, -0.05) is 6.92 Å². The number of primary amides is 1. The van der Waals surface area contributed by atoms with Crippen molar-refractivity contribution in [2.45, 2.75) is 58.5 Å². The molecule has 0 spiro atoms. The first-order chi connectivity index (χ1) is 9.84. The van der Waals surface area contributed by atoms with E-state index in [0.717, 1.165) is 38.2 Å². The second kappa shape index (κ2) is 6.09. The maximum absolute atomic E-state index is 11.3. The second-order valence-electron chi connectivity index (χ2n) is 6.92. The molecule has 1 aliphatic rings. The fraction of sp³-hybridized carbons (Fsp3) is 0.857. The van der Waals surface area contributed by atoms with Crippen molar-refractivity contribution >= 4 is 5.91 Å². The Kier molecular flexibility index (Phi) is 4.61. The lowest BCUT2D eigenvalue weighted by molar-refractivity contribution is -0.938. The van der Waals surface area contributed by atoms with Gasteiger partial charge in [-0.25, -0.2) is 4.68 Å². The zero-order valence-electron chi connectivity index (χ0n) is 13.5. The Morgan fingerprint density at radius 3 is 2.52 bits per heavy atom. The number of quaternary nitrogens is 1. The van der Waals surface area contributed by atoms with E-state index in [1.165, 1.54) is 4.90 Å². The van der Waals surface area contributed by atoms with Crippen molar-refractivity contribution in [2.75, 3.05) is 13.1 Å². The van der Waals surface area contributed by atoms with Gasteiger partial charge in [0.15, 0.2) is 0 Å². The first-order valence-electron chi connectivity index (χ1n) is 7.77. The van der Waals surface area contributed by atoms with Gasteiger partial charge in [-0.3, -0.25) is 4.79 Å². The SMILES string of the molecule is CC[C@H](c1nnnn1C(C)(C)C)[NH+]1CCC(C(N)=O)CC1. The van der Waals surface area contributed by atoms with Crippen LogP contribution in [-0.4, -0.2) is 39.2 Å². The number of nitrogens with one attached hydrogen (secondary N) is 1. The summed E-state index contributed by atoms with van der Waals surface area (Å²) in [4.78, 5) is 12.7. The molecule has 1 saturated heterocycles. The van der Waals surface area contributed by atoms with Gasteiger partial charge < -0.3 is 10.6 Å². The van der Waals surface area contributed by atoms with E-state index >= 15 is 0 Å². The van der Waals surface area contributed by atoms with Gasteiger partial charge >= 0.3 is 0 Å². The van der Waals surface area contributed by atoms with Crippen molar-refractivity contribution < 1.29 is 9.69 Å². The highest BCUT2D eigenvalue weighted by Gasteiger charge is 2.35. The van der Waals surface area contributed by atoms with Crippen LogP contribution in [-0.2, 0) is 10.3 Å². The molecule has 1 fully saturated rings. The van der Waals surface area contributed by atoms with Gasteiger partial charge in [0.1, 0.15) is 6.04 Å². The molecule has 0 bridgehead atoms. The van der Waals surface area contributed by atoms with Crippen molar-refractivity contribution in [3.05, 3.63) is 5.82 Å². The van der Waals surface area contributed by atoms with Gasteiger partial charge in [-0.2, -0.15) is 0 Å². The summed E-state index contributed by atoms with van der Waals surface area (Å²) in [5, 5.41) is 12.3. The zero-order valence-corrected chi connectivity index (χ0v) is 13.5. The average molecular weight is 295 g/mol. The van der Waals surface area contributed by atoms with E-state index in [9.17, 15) is 4.79 Å². The van der Waals surface area contributed by atoms with Gasteiger partial charge in [0.25, 0.3) is 0 Å². The molecule has 7 nitrogen and oxygen atoms in total. The van der Waals surface area contributed by atoms with E-state index in [0.29, 0.717) is 0 Å². The standard InChI is InChI=1S/C14H26N6O/c1-5-11(13-16-17-18-20(13)14(2,3)4)19-8-6-10(7-9-19)12(15)21/h10-11H,5-9H2,1-4H3,(H2,15,21)/p+1/t11-/m1/s1. The highest BCUT2D eigenvalue weighted by molar-refractivity contribution is 5.76. The number of carbonyl (C=O) groups is 1. The Morgan fingerprint density at radius 1 is 1.43 bits per heavy atom. The fourth-order valence-corrected chi connectivity index (χ4v) is 3.16. The summed E-state index contributed by atoms with van der Waals surface area (Å²) in [5.74, 6) is 0.809. The highest BCUT2D eigenvalue weighted by atomic mass is 16.1. The molecule has 118 valence electrons. The summed E-state index contributed by atoms with van der Waals surface area (Å²) in [6.07, 6.45) is 2.70. The summed E-state index contributed by atoms with van der Waals surface area (Å²) in [6.45, 7) is 10.4. The van der Waals surface area contributed by atoms with E-state index < -0.39 is 0 Å². The summed E-state index contributed by atoms with van der Waals surface area (Å²) < 4.78 is 1.92. The van der Waals surface area contributed by atoms with Crippen LogP contribution in [0.4, 0.5) is 0 Å². The fourth-order valence-electron chi connectivity index (χ4n) is 3.16. The maximum Gasteiger partial charge on any atom is 0.220 e. The van der Waals surface area contributed by atoms with Crippen LogP contribution in [0.1, 0.15) is 58.8 Å². The largest absolute Gasteiger partial charge is 0.369 e. The number of hydrogen-bond donors (Lipinski definition) is 2. The first-order valence-corrected chi connectivity index (χ1v) is 7.77. The molecule has 0 unspecified atom stereocenters. The highest BCUT2D eigenvalue weighted by Crippen LogP contribution is 2.19. The van der Waals surface area contributed by atoms with E-state index in [-0.39, 0.29) is 23.4 Å². The molecule has 2 heterocycles. The molecule has 1 aromatic heterocycles. The minimum absolute atomic E-state index is 0.0323. The predicted molar refractivity (Wildman–Crippen MR) is 78.5 cm³/mol. The lowest BCUT2D eigenvalue weighted by Gasteiger charge is -2.33. The van der Waals surface area contributed by atoms with Gasteiger partial charge in [-0.15, -0.1) is 5.10 Å². The average Bonchev–Trinajstić information content (AvgIpc) is 2.89. The van der Waals surface area contributed by atoms with Gasteiger partial charge in [0, 0.05) is 25.2 Å². The number of rotatable bonds is 4. The molecule has 7 heteroatoms. The van der Waals surface area contributed by atoms with E-state index in [1.807, 2.05) is 4.68 Å². The number of carbonyl (C=O) groups excluding carboxylic acids is 1. The normalized spacial score (nSPS) is 24.8. The summed E-state index contributed by atoms with van der Waals surface area (Å²) >= 11 is 0. The molecular weight excluding hydrogens is 268 g/mol. The number of likely N-dealkylation sites (tertiary alicyclic amines) is 1. The van der Waals surface area contributed by atoms with E-state index in [1.54, 1.807) is 0 Å². The lowest BCUT2D eigenvalue weighted by atomic mass is 9.94. The molecule has 3 N–H and O–H groups in total. The van der Waals surface area contributed by atoms with Crippen molar-refractivity contribution in [2.24, 2.45) is 11.7 Å². The van der Waals surface area contributed by atoms with Crippen LogP contribution in [0.3, 0.4) is 0 Å². The number of aromatic nitrogens is 4. The van der Waals surface area contributed by atoms with Gasteiger partial charge in [0.2, 0.25) is 11.7 Å². The molecule has 2 rings (SSSR count). The summed E-state index contributed by atoms with van der Waals surface area (Å²) in [6, 6.07) is 0.271. The Bertz CT molecular complexity index is 484. The third-order valence-corrected chi connectivity index (χ3v) is 4.37. The number of amides is 1. The zero-order chi connectivity index (χ0) is 15.6. The van der Waals surface area contributed by atoms with E-state index in [2.05, 4.69) is 43.2 Å². The molecule has 0 aliphatic carbocycles. The molecule has 1 aromatic rings. The minimum Gasteiger partial charge on any atom is -0.369 e. The van der Waals surface area contributed by atoms with Crippen LogP contribution in [0.5, 0.6) is 0 Å². The Labute approximate surface area is 125 Å². The Hall–Kier alpha value is -1.50. The number of nitrogens with zero attached hydrogens (tertiary/aromatic N) is 4. The first kappa shape index (κ1) is 15.9. The predicted octanol–water partition coefficient (Wildman–Crippen LogP) is -0.341. The van der Waals surface area contributed by atoms with Crippen molar-refractivity contribution in [1.29, 1.82) is 0 Å². The third-order valence-electron chi connectivity index (χ3n) is 4.37. The van der Waals surface area contributed by atoms with E-state index in [4.69, 9.17) is 5.73 Å². The number of hydrogen-bond acceptors (Lipinski definition) is 4. The van der Waals surface area contributed by atoms with Crippen LogP contribution in [0.15, 0.2) is 0 Å². The lowest BCUT2D eigenvalue weighted by Crippen LogP contribution is -3.13. The maximum atomic E-state index is 11.3. The number of nitrogens with two attached hydrogens (primary N) is 1. The van der Waals surface area contributed by atoms with Crippen LogP contribution in [0.2, 0.25) is 0 Å². The van der Waals surface area contributed by atoms with Gasteiger partial charge in [0.05, 0.1) is 18.6 Å². The summed E-state index contributed by atoms with van der Waals surface area (Å²) in [5.41, 5.74) is 5.28. The summed E-state index contributed by atoms with van der Waals surface area (Å²) in [7, 11) is 0. The molecule has 1 aliphatic heterocycles. The quantitative estimate of drug-likeness (QED) is 0.795. The molecule has 1 amide bonds. The Balaban J connectivity index is 2.15. The van der Waals surface area contributed by atoms with Crippen LogP contribution in [0, 0.1) is 5.92 Å². The molecule has 21 heavy (non-hydrogen) atoms. The molecule has 0 radical (unpaired) electrons. The topological polar surface area (TPSA) is 91.1 Å². The van der Waals surface area contributed by atoms with Crippen LogP contribution >= 0.6 is 0 Å². The number of piperidine rings is 1. The smallest absolute Gasteiger partial charge is 0.220 e. The number of tetrazole rings is 1. The van der Waals surface area contributed by atoms with Crippen LogP contribution < -0.4 is 10.6 Å².